The summed E-state index contributed by atoms with van der Waals surface area (Å²) >= 11 is 7.44. The molecule has 0 aliphatic carbocycles. The third kappa shape index (κ3) is 1.08. The number of aryl methyl sites for hydroxylation is 1. The zero-order chi connectivity index (χ0) is 8.72. The van der Waals surface area contributed by atoms with Crippen molar-refractivity contribution in [1.82, 2.24) is 0 Å². The van der Waals surface area contributed by atoms with Crippen LogP contribution in [0, 0.1) is 6.92 Å². The Morgan fingerprint density at radius 2 is 2.17 bits per heavy atom. The van der Waals surface area contributed by atoms with Crippen LogP contribution in [0.1, 0.15) is 5.56 Å². The number of phenolic OH excluding ortho intramolecular Hbond substituents is 1. The van der Waals surface area contributed by atoms with Gasteiger partial charge in [-0.2, -0.15) is 0 Å². The van der Waals surface area contributed by atoms with Crippen molar-refractivity contribution in [1.29, 1.82) is 0 Å². The van der Waals surface area contributed by atoms with Crippen LogP contribution in [0.25, 0.3) is 10.1 Å². The first kappa shape index (κ1) is 7.90. The van der Waals surface area contributed by atoms with Gasteiger partial charge in [0, 0.05) is 4.70 Å². The van der Waals surface area contributed by atoms with Crippen molar-refractivity contribution in [2.45, 2.75) is 6.92 Å². The van der Waals surface area contributed by atoms with E-state index in [4.69, 9.17) is 11.6 Å². The summed E-state index contributed by atoms with van der Waals surface area (Å²) in [6.45, 7) is 1.98. The first-order valence-electron chi connectivity index (χ1n) is 3.56. The Hall–Kier alpha value is -0.730. The average Bonchev–Trinajstić information content (AvgIpc) is 2.28. The monoisotopic (exact) mass is 198 g/mol. The molecule has 12 heavy (non-hydrogen) atoms. The highest BCUT2D eigenvalue weighted by atomic mass is 35.5. The van der Waals surface area contributed by atoms with Gasteiger partial charge in [-0.15, -0.1) is 11.3 Å². The largest absolute Gasteiger partial charge is 0.508 e. The molecule has 0 unspecified atom stereocenters. The van der Waals surface area contributed by atoms with Crippen LogP contribution < -0.4 is 0 Å². The van der Waals surface area contributed by atoms with Crippen LogP contribution in [0.3, 0.4) is 0 Å². The fourth-order valence-corrected chi connectivity index (χ4v) is 2.50. The molecule has 1 N–H and O–H groups in total. The molecule has 2 rings (SSSR count). The van der Waals surface area contributed by atoms with E-state index >= 15 is 0 Å². The molecule has 0 bridgehead atoms. The van der Waals surface area contributed by atoms with Gasteiger partial charge in [0.05, 0.1) is 4.34 Å². The second-order valence-corrected chi connectivity index (χ2v) is 4.34. The molecule has 0 atom stereocenters. The van der Waals surface area contributed by atoms with Crippen LogP contribution in [0.5, 0.6) is 5.75 Å². The van der Waals surface area contributed by atoms with Crippen molar-refractivity contribution in [3.8, 4) is 5.75 Å². The number of benzene rings is 1. The Bertz CT molecular complexity index is 433. The molecule has 2 aromatic rings. The molecular formula is C9H7ClOS. The van der Waals surface area contributed by atoms with Gasteiger partial charge >= 0.3 is 0 Å². The molecule has 62 valence electrons. The standard InChI is InChI=1S/C9H7ClOS/c1-5-7-3-2-6(11)4-8(7)12-9(5)10/h2-4,11H,1H3. The lowest BCUT2D eigenvalue weighted by atomic mass is 10.2. The van der Waals surface area contributed by atoms with Gasteiger partial charge in [0.25, 0.3) is 0 Å². The molecule has 1 aromatic carbocycles. The van der Waals surface area contributed by atoms with Gasteiger partial charge in [0.1, 0.15) is 5.75 Å². The summed E-state index contributed by atoms with van der Waals surface area (Å²) in [5.41, 5.74) is 1.09. The van der Waals surface area contributed by atoms with Crippen LogP contribution >= 0.6 is 22.9 Å². The number of halogens is 1. The maximum Gasteiger partial charge on any atom is 0.117 e. The molecule has 3 heteroatoms. The molecule has 1 nitrogen and oxygen atoms in total. The lowest BCUT2D eigenvalue weighted by Crippen LogP contribution is -1.67. The smallest absolute Gasteiger partial charge is 0.117 e. The zero-order valence-corrected chi connectivity index (χ0v) is 8.04. The second kappa shape index (κ2) is 2.64. The van der Waals surface area contributed by atoms with E-state index in [1.165, 1.54) is 11.3 Å². The van der Waals surface area contributed by atoms with Crippen LogP contribution in [0.4, 0.5) is 0 Å². The van der Waals surface area contributed by atoms with Crippen LogP contribution in [-0.2, 0) is 0 Å². The molecule has 0 aliphatic rings. The minimum absolute atomic E-state index is 0.292. The lowest BCUT2D eigenvalue weighted by Gasteiger charge is -1.91. The summed E-state index contributed by atoms with van der Waals surface area (Å²) in [5, 5.41) is 10.3. The van der Waals surface area contributed by atoms with Gasteiger partial charge in [-0.1, -0.05) is 11.6 Å². The maximum atomic E-state index is 9.19. The Kier molecular flexibility index (Phi) is 1.74. The number of thiophene rings is 1. The highest BCUT2D eigenvalue weighted by molar-refractivity contribution is 7.22. The van der Waals surface area contributed by atoms with E-state index in [2.05, 4.69) is 0 Å². The van der Waals surface area contributed by atoms with E-state index < -0.39 is 0 Å². The second-order valence-electron chi connectivity index (χ2n) is 2.68. The van der Waals surface area contributed by atoms with E-state index in [-0.39, 0.29) is 0 Å². The van der Waals surface area contributed by atoms with E-state index in [0.29, 0.717) is 5.75 Å². The topological polar surface area (TPSA) is 20.2 Å². The Morgan fingerprint density at radius 3 is 2.92 bits per heavy atom. The molecule has 0 saturated carbocycles. The minimum atomic E-state index is 0.292. The van der Waals surface area contributed by atoms with Gasteiger partial charge in [0.2, 0.25) is 0 Å². The van der Waals surface area contributed by atoms with Gasteiger partial charge in [-0.25, -0.2) is 0 Å². The van der Waals surface area contributed by atoms with E-state index in [0.717, 1.165) is 20.0 Å². The summed E-state index contributed by atoms with van der Waals surface area (Å²) in [6, 6.07) is 5.31. The van der Waals surface area contributed by atoms with Crippen molar-refractivity contribution in [3.63, 3.8) is 0 Å². The van der Waals surface area contributed by atoms with Crippen LogP contribution in [-0.4, -0.2) is 5.11 Å². The lowest BCUT2D eigenvalue weighted by molar-refractivity contribution is 0.476. The fourth-order valence-electron chi connectivity index (χ4n) is 1.18. The molecule has 0 amide bonds. The third-order valence-electron chi connectivity index (χ3n) is 1.86. The van der Waals surface area contributed by atoms with Crippen molar-refractivity contribution in [3.05, 3.63) is 28.1 Å². The van der Waals surface area contributed by atoms with Gasteiger partial charge in [-0.3, -0.25) is 0 Å². The van der Waals surface area contributed by atoms with Crippen molar-refractivity contribution >= 4 is 33.0 Å². The Balaban J connectivity index is 2.87. The van der Waals surface area contributed by atoms with Crippen molar-refractivity contribution < 1.29 is 5.11 Å². The molecule has 0 fully saturated rings. The average molecular weight is 199 g/mol. The van der Waals surface area contributed by atoms with Gasteiger partial charge < -0.3 is 5.11 Å². The van der Waals surface area contributed by atoms with Crippen molar-refractivity contribution in [2.24, 2.45) is 0 Å². The van der Waals surface area contributed by atoms with Gasteiger partial charge in [0.15, 0.2) is 0 Å². The van der Waals surface area contributed by atoms with E-state index in [1.54, 1.807) is 12.1 Å². The number of aromatic hydroxyl groups is 1. The SMILES string of the molecule is Cc1c(Cl)sc2cc(O)ccc12. The van der Waals surface area contributed by atoms with Crippen LogP contribution in [0.2, 0.25) is 4.34 Å². The molecule has 1 heterocycles. The molecule has 0 radical (unpaired) electrons. The Morgan fingerprint density at radius 1 is 1.42 bits per heavy atom. The van der Waals surface area contributed by atoms with E-state index in [9.17, 15) is 5.11 Å². The quantitative estimate of drug-likeness (QED) is 0.686. The first-order valence-corrected chi connectivity index (χ1v) is 4.75. The Labute approximate surface area is 79.2 Å². The van der Waals surface area contributed by atoms with Crippen LogP contribution in [0.15, 0.2) is 18.2 Å². The summed E-state index contributed by atoms with van der Waals surface area (Å²) < 4.78 is 1.84. The summed E-state index contributed by atoms with van der Waals surface area (Å²) in [4.78, 5) is 0. The van der Waals surface area contributed by atoms with E-state index in [1.807, 2.05) is 13.0 Å². The fraction of sp³-hybridized carbons (Fsp3) is 0.111. The summed E-state index contributed by atoms with van der Waals surface area (Å²) in [6.07, 6.45) is 0. The summed E-state index contributed by atoms with van der Waals surface area (Å²) in [7, 11) is 0. The molecule has 0 aliphatic heterocycles. The highest BCUT2D eigenvalue weighted by Crippen LogP contribution is 2.35. The maximum absolute atomic E-state index is 9.19. The summed E-state index contributed by atoms with van der Waals surface area (Å²) in [5.74, 6) is 0.292. The number of rotatable bonds is 0. The molecule has 0 saturated heterocycles. The predicted molar refractivity (Wildman–Crippen MR) is 53.2 cm³/mol. The minimum Gasteiger partial charge on any atom is -0.508 e. The number of hydrogen-bond donors (Lipinski definition) is 1. The number of fused-ring (bicyclic) bond motifs is 1. The normalized spacial score (nSPS) is 10.8. The van der Waals surface area contributed by atoms with Gasteiger partial charge in [-0.05, 0) is 36.1 Å². The molecule has 0 spiro atoms. The molecular weight excluding hydrogens is 192 g/mol. The predicted octanol–water partition coefficient (Wildman–Crippen LogP) is 3.57. The zero-order valence-electron chi connectivity index (χ0n) is 6.47. The highest BCUT2D eigenvalue weighted by Gasteiger charge is 2.05. The molecule has 1 aromatic heterocycles. The number of phenols is 1. The number of hydrogen-bond acceptors (Lipinski definition) is 2. The van der Waals surface area contributed by atoms with Crippen molar-refractivity contribution in [2.75, 3.05) is 0 Å². The third-order valence-corrected chi connectivity index (χ3v) is 3.42. The first-order chi connectivity index (χ1) is 5.68.